The molecule has 1 aliphatic heterocycles. The van der Waals surface area contributed by atoms with Gasteiger partial charge in [0.25, 0.3) is 0 Å². The maximum absolute atomic E-state index is 12.7. The summed E-state index contributed by atoms with van der Waals surface area (Å²) in [6.45, 7) is 7.88. The molecule has 0 bridgehead atoms. The third-order valence-corrected chi connectivity index (χ3v) is 5.78. The number of anilines is 1. The van der Waals surface area contributed by atoms with Crippen molar-refractivity contribution >= 4 is 41.5 Å². The Hall–Kier alpha value is -2.29. The van der Waals surface area contributed by atoms with Crippen LogP contribution in [0.1, 0.15) is 43.9 Å². The van der Waals surface area contributed by atoms with Crippen LogP contribution in [0.4, 0.5) is 5.69 Å². The molecule has 2 N–H and O–H groups in total. The van der Waals surface area contributed by atoms with E-state index in [2.05, 4.69) is 51.7 Å². The highest BCUT2D eigenvalue weighted by Gasteiger charge is 2.16. The lowest BCUT2D eigenvalue weighted by Crippen LogP contribution is -2.45. The van der Waals surface area contributed by atoms with Gasteiger partial charge in [0.1, 0.15) is 0 Å². The summed E-state index contributed by atoms with van der Waals surface area (Å²) in [4.78, 5) is 21.3. The summed E-state index contributed by atoms with van der Waals surface area (Å²) >= 11 is 0. The van der Waals surface area contributed by atoms with Crippen molar-refractivity contribution in [3.05, 3.63) is 65.7 Å². The van der Waals surface area contributed by atoms with E-state index in [-0.39, 0.29) is 42.5 Å². The fraction of sp³-hybridized carbons (Fsp3) is 0.440. The Labute approximate surface area is 209 Å². The second-order valence-electron chi connectivity index (χ2n) is 7.97. The summed E-state index contributed by atoms with van der Waals surface area (Å²) in [6, 6.07) is 18.8. The van der Waals surface area contributed by atoms with Gasteiger partial charge >= 0.3 is 0 Å². The van der Waals surface area contributed by atoms with Crippen LogP contribution in [0.5, 0.6) is 0 Å². The fourth-order valence-electron chi connectivity index (χ4n) is 3.90. The Bertz CT molecular complexity index is 868. The first-order valence-electron chi connectivity index (χ1n) is 11.2. The number of amides is 1. The smallest absolute Gasteiger partial charge is 0.242 e. The molecule has 1 atom stereocenters. The lowest BCUT2D eigenvalue weighted by Gasteiger charge is -2.24. The molecule has 1 heterocycles. The number of carbonyl (C=O) groups is 1. The summed E-state index contributed by atoms with van der Waals surface area (Å²) in [5.74, 6) is 0.682. The normalized spacial score (nSPS) is 14.5. The Balaban J connectivity index is 0.00000363. The van der Waals surface area contributed by atoms with Gasteiger partial charge in [-0.3, -0.25) is 9.79 Å². The molecule has 0 radical (unpaired) electrons. The second kappa shape index (κ2) is 13.3. The van der Waals surface area contributed by atoms with Crippen molar-refractivity contribution in [2.75, 3.05) is 38.1 Å². The molecule has 1 unspecified atom stereocenters. The summed E-state index contributed by atoms with van der Waals surface area (Å²) in [5.41, 5.74) is 3.62. The van der Waals surface area contributed by atoms with Crippen LogP contribution in [0.3, 0.4) is 0 Å². The number of aliphatic imine (C=N–C) groups is 1. The van der Waals surface area contributed by atoms with Crippen molar-refractivity contribution in [1.29, 1.82) is 0 Å². The van der Waals surface area contributed by atoms with Gasteiger partial charge in [0, 0.05) is 38.9 Å². The highest BCUT2D eigenvalue weighted by molar-refractivity contribution is 14.0. The minimum absolute atomic E-state index is 0. The van der Waals surface area contributed by atoms with Gasteiger partial charge in [-0.25, -0.2) is 0 Å². The molecule has 3 rings (SSSR count). The van der Waals surface area contributed by atoms with E-state index < -0.39 is 0 Å². The van der Waals surface area contributed by atoms with Crippen LogP contribution in [-0.4, -0.2) is 50.0 Å². The molecular weight excluding hydrogens is 513 g/mol. The van der Waals surface area contributed by atoms with Gasteiger partial charge in [-0.2, -0.15) is 0 Å². The van der Waals surface area contributed by atoms with E-state index in [4.69, 9.17) is 0 Å². The molecule has 2 aromatic carbocycles. The minimum atomic E-state index is 0. The predicted octanol–water partition coefficient (Wildman–Crippen LogP) is 4.18. The van der Waals surface area contributed by atoms with Gasteiger partial charge in [0.2, 0.25) is 5.91 Å². The zero-order valence-electron chi connectivity index (χ0n) is 19.4. The average molecular weight is 550 g/mol. The number of benzene rings is 2. The third kappa shape index (κ3) is 7.39. The number of nitrogens with zero attached hydrogens (tertiary/aromatic N) is 3. The number of rotatable bonds is 8. The molecule has 1 saturated heterocycles. The van der Waals surface area contributed by atoms with Gasteiger partial charge < -0.3 is 20.4 Å². The van der Waals surface area contributed by atoms with Gasteiger partial charge in [0.05, 0.1) is 12.6 Å². The standard InChI is InChI=1S/C25H35N5O.HI/c1-4-29(19-21-11-6-5-7-12-21)24(31)18-27-25(26-3)28-20(2)22-13-10-14-23(17-22)30-15-8-9-16-30;/h5-7,10-14,17,20H,4,8-9,15-16,18-19H2,1-3H3,(H2,26,27,28);1H. The van der Waals surface area contributed by atoms with E-state index in [0.717, 1.165) is 18.7 Å². The zero-order chi connectivity index (χ0) is 22.1. The van der Waals surface area contributed by atoms with Crippen LogP contribution in [0.25, 0.3) is 0 Å². The van der Waals surface area contributed by atoms with Gasteiger partial charge in [0.15, 0.2) is 5.96 Å². The van der Waals surface area contributed by atoms with Crippen molar-refractivity contribution in [2.24, 2.45) is 4.99 Å². The van der Waals surface area contributed by atoms with Crippen LogP contribution < -0.4 is 15.5 Å². The molecule has 0 spiro atoms. The largest absolute Gasteiger partial charge is 0.372 e. The second-order valence-corrected chi connectivity index (χ2v) is 7.97. The number of guanidine groups is 1. The van der Waals surface area contributed by atoms with Crippen LogP contribution in [0.15, 0.2) is 59.6 Å². The maximum atomic E-state index is 12.7. The highest BCUT2D eigenvalue weighted by atomic mass is 127. The predicted molar refractivity (Wildman–Crippen MR) is 144 cm³/mol. The van der Waals surface area contributed by atoms with Crippen LogP contribution in [0, 0.1) is 0 Å². The number of nitrogens with one attached hydrogen (secondary N) is 2. The molecule has 0 aromatic heterocycles. The summed E-state index contributed by atoms with van der Waals surface area (Å²) in [7, 11) is 1.73. The van der Waals surface area contributed by atoms with E-state index in [1.54, 1.807) is 7.05 Å². The maximum Gasteiger partial charge on any atom is 0.242 e. The molecular formula is C25H36IN5O. The molecule has 174 valence electrons. The monoisotopic (exact) mass is 549 g/mol. The minimum Gasteiger partial charge on any atom is -0.372 e. The Morgan fingerprint density at radius 3 is 2.50 bits per heavy atom. The van der Waals surface area contributed by atoms with E-state index in [0.29, 0.717) is 19.0 Å². The number of hydrogen-bond donors (Lipinski definition) is 2. The quantitative estimate of drug-likeness (QED) is 0.295. The summed E-state index contributed by atoms with van der Waals surface area (Å²) in [6.07, 6.45) is 2.53. The molecule has 1 fully saturated rings. The first-order chi connectivity index (χ1) is 15.1. The lowest BCUT2D eigenvalue weighted by molar-refractivity contribution is -0.130. The van der Waals surface area contributed by atoms with Crippen LogP contribution in [-0.2, 0) is 11.3 Å². The lowest BCUT2D eigenvalue weighted by atomic mass is 10.1. The first-order valence-corrected chi connectivity index (χ1v) is 11.2. The third-order valence-electron chi connectivity index (χ3n) is 5.78. The Kier molecular flexibility index (Phi) is 10.8. The molecule has 7 heteroatoms. The summed E-state index contributed by atoms with van der Waals surface area (Å²) < 4.78 is 0. The molecule has 2 aromatic rings. The van der Waals surface area contributed by atoms with E-state index in [1.807, 2.05) is 42.2 Å². The van der Waals surface area contributed by atoms with E-state index in [1.165, 1.54) is 24.1 Å². The SMILES string of the molecule is CCN(Cc1ccccc1)C(=O)CNC(=NC)NC(C)c1cccc(N2CCCC2)c1.I. The van der Waals surface area contributed by atoms with Gasteiger partial charge in [-0.15, -0.1) is 24.0 Å². The Morgan fingerprint density at radius 1 is 1.12 bits per heavy atom. The molecule has 0 aliphatic carbocycles. The van der Waals surface area contributed by atoms with Crippen molar-refractivity contribution in [1.82, 2.24) is 15.5 Å². The molecule has 1 amide bonds. The van der Waals surface area contributed by atoms with E-state index in [9.17, 15) is 4.79 Å². The highest BCUT2D eigenvalue weighted by Crippen LogP contribution is 2.23. The summed E-state index contributed by atoms with van der Waals surface area (Å²) in [5, 5.41) is 6.59. The van der Waals surface area contributed by atoms with Crippen molar-refractivity contribution in [2.45, 2.75) is 39.3 Å². The molecule has 1 aliphatic rings. The number of likely N-dealkylation sites (N-methyl/N-ethyl adjacent to an activating group) is 1. The fourth-order valence-corrected chi connectivity index (χ4v) is 3.90. The zero-order valence-corrected chi connectivity index (χ0v) is 21.7. The van der Waals surface area contributed by atoms with Gasteiger partial charge in [-0.05, 0) is 49.9 Å². The molecule has 32 heavy (non-hydrogen) atoms. The topological polar surface area (TPSA) is 60.0 Å². The average Bonchev–Trinajstić information content (AvgIpc) is 3.35. The van der Waals surface area contributed by atoms with E-state index >= 15 is 0 Å². The van der Waals surface area contributed by atoms with Crippen molar-refractivity contribution in [3.8, 4) is 0 Å². The number of hydrogen-bond acceptors (Lipinski definition) is 3. The first kappa shape index (κ1) is 26.0. The van der Waals surface area contributed by atoms with Crippen LogP contribution in [0.2, 0.25) is 0 Å². The molecule has 6 nitrogen and oxygen atoms in total. The number of halogens is 1. The van der Waals surface area contributed by atoms with Crippen molar-refractivity contribution < 1.29 is 4.79 Å². The van der Waals surface area contributed by atoms with Gasteiger partial charge in [-0.1, -0.05) is 42.5 Å². The molecule has 0 saturated carbocycles. The van der Waals surface area contributed by atoms with Crippen LogP contribution >= 0.6 is 24.0 Å². The Morgan fingerprint density at radius 2 is 1.84 bits per heavy atom. The van der Waals surface area contributed by atoms with Crippen molar-refractivity contribution in [3.63, 3.8) is 0 Å². The number of carbonyl (C=O) groups excluding carboxylic acids is 1.